The van der Waals surface area contributed by atoms with Crippen molar-refractivity contribution in [3.8, 4) is 17.2 Å². The van der Waals surface area contributed by atoms with Crippen LogP contribution < -0.4 is 10.6 Å². The van der Waals surface area contributed by atoms with E-state index in [4.69, 9.17) is 16.6 Å². The van der Waals surface area contributed by atoms with Crippen molar-refractivity contribution in [3.05, 3.63) is 75.4 Å². The van der Waals surface area contributed by atoms with E-state index in [1.54, 1.807) is 24.3 Å². The monoisotopic (exact) mass is 529 g/mol. The first kappa shape index (κ1) is 20.3. The van der Waals surface area contributed by atoms with Gasteiger partial charge in [-0.2, -0.15) is 0 Å². The lowest BCUT2D eigenvalue weighted by Crippen LogP contribution is -2.34. The summed E-state index contributed by atoms with van der Waals surface area (Å²) in [7, 11) is 0. The van der Waals surface area contributed by atoms with Crippen LogP contribution in [0.3, 0.4) is 0 Å². The Kier molecular flexibility index (Phi) is 5.69. The lowest BCUT2D eigenvalue weighted by molar-refractivity contribution is 0.0977. The number of aromatic hydroxyl groups is 1. The molecule has 1 amide bonds. The average Bonchev–Trinajstić information content (AvgIpc) is 3.12. The smallest absolute Gasteiger partial charge is 0.258 e. The van der Waals surface area contributed by atoms with E-state index in [9.17, 15) is 9.90 Å². The lowest BCUT2D eigenvalue weighted by Gasteiger charge is -2.11. The highest BCUT2D eigenvalue weighted by Crippen LogP contribution is 2.33. The van der Waals surface area contributed by atoms with Crippen LogP contribution >= 0.6 is 34.8 Å². The van der Waals surface area contributed by atoms with E-state index in [0.29, 0.717) is 33.8 Å². The van der Waals surface area contributed by atoms with Gasteiger partial charge in [-0.1, -0.05) is 18.2 Å². The number of carbonyl (C=O) groups is 1. The van der Waals surface area contributed by atoms with Crippen LogP contribution in [-0.4, -0.2) is 21.1 Å². The summed E-state index contributed by atoms with van der Waals surface area (Å²) in [6.45, 7) is 1.97. The Morgan fingerprint density at radius 2 is 1.93 bits per heavy atom. The number of carbonyl (C=O) groups excluding carboxylic acids is 1. The molecular formula is C22H16IN3O3S. The Morgan fingerprint density at radius 1 is 1.13 bits per heavy atom. The molecule has 0 aliphatic heterocycles. The topological polar surface area (TPSA) is 87.4 Å². The zero-order chi connectivity index (χ0) is 21.3. The van der Waals surface area contributed by atoms with Crippen molar-refractivity contribution in [2.45, 2.75) is 6.92 Å². The molecule has 1 aromatic heterocycles. The summed E-state index contributed by atoms with van der Waals surface area (Å²) in [5.74, 6) is 0.0222. The molecule has 4 rings (SSSR count). The van der Waals surface area contributed by atoms with Gasteiger partial charge in [0.05, 0.1) is 11.1 Å². The Morgan fingerprint density at radius 3 is 2.73 bits per heavy atom. The first-order valence-electron chi connectivity index (χ1n) is 8.98. The number of anilines is 1. The number of hydrogen-bond donors (Lipinski definition) is 3. The molecule has 0 saturated carbocycles. The number of aromatic nitrogens is 1. The second-order valence-electron chi connectivity index (χ2n) is 6.61. The summed E-state index contributed by atoms with van der Waals surface area (Å²) in [4.78, 5) is 16.9. The van der Waals surface area contributed by atoms with E-state index >= 15 is 0 Å². The number of thiocarbonyl (C=S) groups is 1. The van der Waals surface area contributed by atoms with Crippen molar-refractivity contribution >= 4 is 62.6 Å². The van der Waals surface area contributed by atoms with Crippen molar-refractivity contribution in [1.29, 1.82) is 0 Å². The quantitative estimate of drug-likeness (QED) is 0.191. The molecule has 3 aromatic carbocycles. The Bertz CT molecular complexity index is 1290. The molecule has 0 fully saturated rings. The fourth-order valence-electron chi connectivity index (χ4n) is 2.91. The maximum Gasteiger partial charge on any atom is 0.258 e. The van der Waals surface area contributed by atoms with Crippen molar-refractivity contribution in [2.75, 3.05) is 5.32 Å². The maximum absolute atomic E-state index is 12.4. The van der Waals surface area contributed by atoms with Crippen LogP contribution in [0.5, 0.6) is 5.75 Å². The molecule has 4 aromatic rings. The fourth-order valence-corrected chi connectivity index (χ4v) is 3.75. The van der Waals surface area contributed by atoms with Crippen LogP contribution in [0.25, 0.3) is 22.6 Å². The van der Waals surface area contributed by atoms with Gasteiger partial charge >= 0.3 is 0 Å². The van der Waals surface area contributed by atoms with Gasteiger partial charge in [0.15, 0.2) is 10.7 Å². The van der Waals surface area contributed by atoms with Crippen molar-refractivity contribution in [1.82, 2.24) is 10.3 Å². The predicted octanol–water partition coefficient (Wildman–Crippen LogP) is 5.24. The van der Waals surface area contributed by atoms with E-state index in [-0.39, 0.29) is 16.8 Å². The largest absolute Gasteiger partial charge is 0.507 e. The Hall–Kier alpha value is -2.98. The normalized spacial score (nSPS) is 10.7. The molecule has 0 aliphatic carbocycles. The van der Waals surface area contributed by atoms with Crippen LogP contribution in [0.2, 0.25) is 0 Å². The van der Waals surface area contributed by atoms with Crippen LogP contribution in [0.1, 0.15) is 15.9 Å². The summed E-state index contributed by atoms with van der Waals surface area (Å²) in [6.07, 6.45) is 0. The minimum absolute atomic E-state index is 0.0256. The summed E-state index contributed by atoms with van der Waals surface area (Å²) in [5.41, 5.74) is 3.93. The lowest BCUT2D eigenvalue weighted by atomic mass is 10.1. The molecule has 150 valence electrons. The molecule has 0 spiro atoms. The van der Waals surface area contributed by atoms with Gasteiger partial charge in [-0.25, -0.2) is 4.98 Å². The number of halogens is 1. The van der Waals surface area contributed by atoms with Gasteiger partial charge in [-0.3, -0.25) is 10.1 Å². The van der Waals surface area contributed by atoms with Gasteiger partial charge in [-0.15, -0.1) is 0 Å². The van der Waals surface area contributed by atoms with Gasteiger partial charge in [0.25, 0.3) is 5.91 Å². The molecule has 0 atom stereocenters. The number of phenols is 1. The van der Waals surface area contributed by atoms with E-state index in [2.05, 4.69) is 38.2 Å². The van der Waals surface area contributed by atoms with E-state index in [0.717, 1.165) is 9.13 Å². The third kappa shape index (κ3) is 4.29. The first-order valence-corrected chi connectivity index (χ1v) is 10.5. The number of oxazole rings is 1. The van der Waals surface area contributed by atoms with Gasteiger partial charge in [-0.05, 0) is 89.8 Å². The van der Waals surface area contributed by atoms with Gasteiger partial charge in [0.2, 0.25) is 5.89 Å². The van der Waals surface area contributed by atoms with Crippen LogP contribution in [-0.2, 0) is 0 Å². The van der Waals surface area contributed by atoms with Gasteiger partial charge < -0.3 is 14.8 Å². The molecule has 3 N–H and O–H groups in total. The number of hydrogen-bond acceptors (Lipinski definition) is 5. The molecule has 6 nitrogen and oxygen atoms in total. The van der Waals surface area contributed by atoms with Crippen molar-refractivity contribution in [3.63, 3.8) is 0 Å². The van der Waals surface area contributed by atoms with Crippen LogP contribution in [0.4, 0.5) is 5.69 Å². The zero-order valence-electron chi connectivity index (χ0n) is 15.8. The molecular weight excluding hydrogens is 513 g/mol. The van der Waals surface area contributed by atoms with E-state index in [1.807, 2.05) is 37.3 Å². The Balaban J connectivity index is 1.54. The number of amides is 1. The fraction of sp³-hybridized carbons (Fsp3) is 0.0455. The van der Waals surface area contributed by atoms with Crippen molar-refractivity contribution in [2.24, 2.45) is 0 Å². The minimum atomic E-state index is -0.300. The summed E-state index contributed by atoms with van der Waals surface area (Å²) in [5, 5.41) is 16.1. The second-order valence-corrected chi connectivity index (χ2v) is 8.18. The van der Waals surface area contributed by atoms with Gasteiger partial charge in [0.1, 0.15) is 11.3 Å². The summed E-state index contributed by atoms with van der Waals surface area (Å²) < 4.78 is 6.64. The molecule has 0 unspecified atom stereocenters. The maximum atomic E-state index is 12.4. The van der Waals surface area contributed by atoms with E-state index in [1.165, 1.54) is 6.07 Å². The predicted molar refractivity (Wildman–Crippen MR) is 129 cm³/mol. The molecule has 0 radical (unpaired) electrons. The highest BCUT2D eigenvalue weighted by Gasteiger charge is 2.15. The SMILES string of the molecule is Cc1ccc2nc(-c3cc(NC(=S)NC(=O)c4ccccc4I)ccc3O)oc2c1. The number of phenolic OH excluding ortho intramolecular Hbond substituents is 1. The third-order valence-corrected chi connectivity index (χ3v) is 5.52. The molecule has 1 heterocycles. The molecule has 30 heavy (non-hydrogen) atoms. The number of benzene rings is 3. The Labute approximate surface area is 191 Å². The second kappa shape index (κ2) is 8.41. The number of rotatable bonds is 3. The summed E-state index contributed by atoms with van der Waals surface area (Å²) in [6, 6.07) is 17.8. The highest BCUT2D eigenvalue weighted by molar-refractivity contribution is 14.1. The van der Waals surface area contributed by atoms with Crippen LogP contribution in [0, 0.1) is 10.5 Å². The first-order chi connectivity index (χ1) is 14.4. The minimum Gasteiger partial charge on any atom is -0.507 e. The molecule has 8 heteroatoms. The number of nitrogens with one attached hydrogen (secondary N) is 2. The van der Waals surface area contributed by atoms with Crippen molar-refractivity contribution < 1.29 is 14.3 Å². The third-order valence-electron chi connectivity index (χ3n) is 4.37. The summed E-state index contributed by atoms with van der Waals surface area (Å²) >= 11 is 7.37. The molecule has 0 aliphatic rings. The average molecular weight is 529 g/mol. The molecule has 0 bridgehead atoms. The number of fused-ring (bicyclic) bond motifs is 1. The van der Waals surface area contributed by atoms with Gasteiger partial charge in [0, 0.05) is 9.26 Å². The van der Waals surface area contributed by atoms with E-state index < -0.39 is 0 Å². The number of aryl methyl sites for hydroxylation is 1. The van der Waals surface area contributed by atoms with Crippen LogP contribution in [0.15, 0.2) is 65.1 Å². The zero-order valence-corrected chi connectivity index (χ0v) is 18.7. The standard InChI is InChI=1S/C22H16IN3O3S/c1-12-6-8-17-19(10-12)29-21(25-17)15-11-13(7-9-18(15)27)24-22(30)26-20(28)14-4-2-3-5-16(14)23/h2-11,27H,1H3,(H2,24,26,28,30). The number of nitrogens with zero attached hydrogens (tertiary/aromatic N) is 1. The molecule has 0 saturated heterocycles. The highest BCUT2D eigenvalue weighted by atomic mass is 127.